The van der Waals surface area contributed by atoms with Crippen molar-refractivity contribution in [2.45, 2.75) is 102 Å². The van der Waals surface area contributed by atoms with Gasteiger partial charge in [-0.05, 0) is 56.3 Å². The molecule has 0 aromatic heterocycles. The summed E-state index contributed by atoms with van der Waals surface area (Å²) in [5.41, 5.74) is -2.62. The van der Waals surface area contributed by atoms with Crippen LogP contribution < -0.4 is 0 Å². The van der Waals surface area contributed by atoms with Crippen LogP contribution in [0.15, 0.2) is 12.3 Å². The molecular formula is C27H40O8. The number of carbonyl (C=O) groups is 2. The molecule has 35 heavy (non-hydrogen) atoms. The molecule has 5 aliphatic rings. The van der Waals surface area contributed by atoms with Gasteiger partial charge in [0.15, 0.2) is 12.1 Å². The predicted molar refractivity (Wildman–Crippen MR) is 125 cm³/mol. The van der Waals surface area contributed by atoms with E-state index in [0.29, 0.717) is 19.3 Å². The molecule has 196 valence electrons. The van der Waals surface area contributed by atoms with Gasteiger partial charge in [0.2, 0.25) is 0 Å². The third kappa shape index (κ3) is 3.19. The monoisotopic (exact) mass is 492 g/mol. The van der Waals surface area contributed by atoms with E-state index in [2.05, 4.69) is 6.92 Å². The van der Waals surface area contributed by atoms with Gasteiger partial charge in [0.25, 0.3) is 0 Å². The van der Waals surface area contributed by atoms with E-state index >= 15 is 0 Å². The zero-order valence-electron chi connectivity index (χ0n) is 21.2. The fourth-order valence-electron chi connectivity index (χ4n) is 9.63. The van der Waals surface area contributed by atoms with Crippen molar-refractivity contribution in [3.8, 4) is 0 Å². The summed E-state index contributed by atoms with van der Waals surface area (Å²) >= 11 is 0. The molecule has 0 radical (unpaired) electrons. The Morgan fingerprint density at radius 2 is 1.74 bits per heavy atom. The highest BCUT2D eigenvalue weighted by Gasteiger charge is 2.75. The summed E-state index contributed by atoms with van der Waals surface area (Å²) in [6.45, 7) is 5.62. The first-order valence-electron chi connectivity index (χ1n) is 13.1. The highest BCUT2D eigenvalue weighted by atomic mass is 16.7. The molecule has 0 spiro atoms. The summed E-state index contributed by atoms with van der Waals surface area (Å²) in [5.74, 6) is -0.825. The van der Waals surface area contributed by atoms with Crippen LogP contribution in [0, 0.1) is 34.5 Å². The number of carbonyl (C=O) groups excluding carboxylic acids is 2. The molecule has 1 aliphatic heterocycles. The molecule has 11 atom stereocenters. The largest absolute Gasteiger partial charge is 0.515 e. The van der Waals surface area contributed by atoms with Crippen LogP contribution in [0.25, 0.3) is 0 Å². The average molecular weight is 493 g/mol. The molecular weight excluding hydrogens is 452 g/mol. The molecule has 1 saturated heterocycles. The average Bonchev–Trinajstić information content (AvgIpc) is 2.96. The number of allylic oxidation sites excluding steroid dienone is 1. The minimum Gasteiger partial charge on any atom is -0.515 e. The summed E-state index contributed by atoms with van der Waals surface area (Å²) < 4.78 is 18.0. The van der Waals surface area contributed by atoms with Crippen molar-refractivity contribution in [1.82, 2.24) is 0 Å². The Hall–Kier alpha value is -1.48. The number of ketones is 1. The molecule has 5 rings (SSSR count). The standard InChI is InChI=1S/C27H40O8/c1-15(29)34-16-13-21(31)25(3)17-5-9-24(2)19-7-11-27(24,18(17)6-10-26(25,32)14-16)35-23(33-4)22(19)20(30)8-12-28/h8,12,16-19,21-23,28,31-32H,5-7,9-11,13-14H2,1-4H3/t16-,17-,18+,19+,21+,22-,23-,24+,25-,26-,27-/m0/s1. The zero-order valence-corrected chi connectivity index (χ0v) is 21.2. The molecule has 5 fully saturated rings. The van der Waals surface area contributed by atoms with Crippen LogP contribution in [0.1, 0.15) is 72.1 Å². The van der Waals surface area contributed by atoms with Crippen molar-refractivity contribution in [2.75, 3.05) is 7.11 Å². The Balaban J connectivity index is 1.51. The summed E-state index contributed by atoms with van der Waals surface area (Å²) in [6.07, 6.45) is 5.20. The van der Waals surface area contributed by atoms with E-state index in [1.807, 2.05) is 6.92 Å². The van der Waals surface area contributed by atoms with Gasteiger partial charge >= 0.3 is 5.97 Å². The van der Waals surface area contributed by atoms with Gasteiger partial charge < -0.3 is 29.5 Å². The van der Waals surface area contributed by atoms with Crippen molar-refractivity contribution < 1.29 is 39.1 Å². The molecule has 8 nitrogen and oxygen atoms in total. The first-order valence-corrected chi connectivity index (χ1v) is 13.1. The zero-order chi connectivity index (χ0) is 25.4. The molecule has 0 aromatic carbocycles. The lowest BCUT2D eigenvalue weighted by atomic mass is 9.40. The Morgan fingerprint density at radius 3 is 2.40 bits per heavy atom. The van der Waals surface area contributed by atoms with Crippen molar-refractivity contribution >= 4 is 11.8 Å². The van der Waals surface area contributed by atoms with E-state index in [0.717, 1.165) is 38.4 Å². The molecule has 4 saturated carbocycles. The second-order valence-corrected chi connectivity index (χ2v) is 12.2. The van der Waals surface area contributed by atoms with Crippen molar-refractivity contribution in [1.29, 1.82) is 0 Å². The minimum atomic E-state index is -1.13. The third-order valence-corrected chi connectivity index (χ3v) is 11.2. The van der Waals surface area contributed by atoms with Gasteiger partial charge in [-0.2, -0.15) is 0 Å². The molecule has 0 amide bonds. The number of fused-ring (bicyclic) bond motifs is 3. The van der Waals surface area contributed by atoms with Crippen LogP contribution in [0.4, 0.5) is 0 Å². The van der Waals surface area contributed by atoms with Crippen LogP contribution in [0.2, 0.25) is 0 Å². The number of aliphatic hydroxyl groups is 3. The van der Waals surface area contributed by atoms with Gasteiger partial charge in [0, 0.05) is 43.8 Å². The number of hydrogen-bond donors (Lipinski definition) is 3. The number of hydrogen-bond acceptors (Lipinski definition) is 8. The summed E-state index contributed by atoms with van der Waals surface area (Å²) in [6, 6.07) is 0. The fraction of sp³-hybridized carbons (Fsp3) is 0.852. The van der Waals surface area contributed by atoms with E-state index in [9.17, 15) is 24.9 Å². The first kappa shape index (κ1) is 25.2. The van der Waals surface area contributed by atoms with E-state index < -0.39 is 47.0 Å². The normalized spacial score (nSPS) is 52.9. The third-order valence-electron chi connectivity index (χ3n) is 11.2. The molecule has 0 unspecified atom stereocenters. The van der Waals surface area contributed by atoms with Gasteiger partial charge in [-0.25, -0.2) is 0 Å². The van der Waals surface area contributed by atoms with E-state index in [1.165, 1.54) is 13.0 Å². The number of rotatable bonds is 4. The SMILES string of the molecule is CO[C@H]1O[C@]23CC[C@H]([C@H]1C(=O)C=CO)[C@@]2(C)CC[C@H]1[C@H]3CC[C@]2(O)C[C@@H](OC(C)=O)C[C@@H](O)[C@]12C. The van der Waals surface area contributed by atoms with E-state index in [-0.39, 0.29) is 29.0 Å². The lowest BCUT2D eigenvalue weighted by Crippen LogP contribution is -2.73. The predicted octanol–water partition coefficient (Wildman–Crippen LogP) is 3.05. The quantitative estimate of drug-likeness (QED) is 0.311. The lowest BCUT2D eigenvalue weighted by Gasteiger charge is -2.69. The fourth-order valence-corrected chi connectivity index (χ4v) is 9.63. The highest BCUT2D eigenvalue weighted by molar-refractivity contribution is 5.92. The van der Waals surface area contributed by atoms with Crippen LogP contribution in [-0.4, -0.2) is 63.9 Å². The Labute approximate surface area is 207 Å². The smallest absolute Gasteiger partial charge is 0.302 e. The first-order chi connectivity index (χ1) is 16.5. The van der Waals surface area contributed by atoms with Gasteiger partial charge in [-0.15, -0.1) is 0 Å². The molecule has 0 aromatic rings. The number of aliphatic hydroxyl groups excluding tert-OH is 2. The van der Waals surface area contributed by atoms with Gasteiger partial charge in [0.1, 0.15) is 6.10 Å². The number of esters is 1. The molecule has 1 heterocycles. The molecule has 4 aliphatic carbocycles. The van der Waals surface area contributed by atoms with E-state index in [1.54, 1.807) is 7.11 Å². The number of methoxy groups -OCH3 is 1. The van der Waals surface area contributed by atoms with Crippen molar-refractivity contribution in [2.24, 2.45) is 34.5 Å². The second-order valence-electron chi connectivity index (χ2n) is 12.2. The van der Waals surface area contributed by atoms with Crippen LogP contribution in [0.5, 0.6) is 0 Å². The molecule has 2 bridgehead atoms. The van der Waals surface area contributed by atoms with Gasteiger partial charge in [-0.3, -0.25) is 9.59 Å². The van der Waals surface area contributed by atoms with Crippen molar-refractivity contribution in [3.63, 3.8) is 0 Å². The van der Waals surface area contributed by atoms with Crippen LogP contribution in [-0.2, 0) is 23.8 Å². The molecule has 3 N–H and O–H groups in total. The van der Waals surface area contributed by atoms with Crippen LogP contribution in [0.3, 0.4) is 0 Å². The minimum absolute atomic E-state index is 0.0310. The van der Waals surface area contributed by atoms with Gasteiger partial charge in [0.05, 0.1) is 29.5 Å². The molecule has 8 heteroatoms. The van der Waals surface area contributed by atoms with E-state index in [4.69, 9.17) is 14.2 Å². The topological polar surface area (TPSA) is 123 Å². The number of ether oxygens (including phenoxy) is 3. The lowest BCUT2D eigenvalue weighted by molar-refractivity contribution is -0.347. The Morgan fingerprint density at radius 1 is 1.06 bits per heavy atom. The Bertz CT molecular complexity index is 919. The summed E-state index contributed by atoms with van der Waals surface area (Å²) in [7, 11) is 1.56. The maximum Gasteiger partial charge on any atom is 0.302 e. The second kappa shape index (κ2) is 8.27. The summed E-state index contributed by atoms with van der Waals surface area (Å²) in [5, 5.41) is 32.6. The highest BCUT2D eigenvalue weighted by Crippen LogP contribution is 2.73. The van der Waals surface area contributed by atoms with Gasteiger partial charge in [-0.1, -0.05) is 13.8 Å². The maximum atomic E-state index is 13.0. The van der Waals surface area contributed by atoms with Crippen LogP contribution >= 0.6 is 0 Å². The summed E-state index contributed by atoms with van der Waals surface area (Å²) in [4.78, 5) is 24.6. The van der Waals surface area contributed by atoms with Crippen molar-refractivity contribution in [3.05, 3.63) is 12.3 Å². The Kier molecular flexibility index (Phi) is 5.95. The maximum absolute atomic E-state index is 13.0.